The van der Waals surface area contributed by atoms with Crippen LogP contribution in [0.1, 0.15) is 29.8 Å². The zero-order chi connectivity index (χ0) is 23.2. The van der Waals surface area contributed by atoms with Gasteiger partial charge in [0.1, 0.15) is 0 Å². The molecule has 0 bridgehead atoms. The Kier molecular flexibility index (Phi) is 7.21. The highest BCUT2D eigenvalue weighted by Gasteiger charge is 2.13. The van der Waals surface area contributed by atoms with Gasteiger partial charge in [-0.15, -0.1) is 0 Å². The Morgan fingerprint density at radius 3 is 2.79 bits per heavy atom. The Balaban J connectivity index is 1.64. The van der Waals surface area contributed by atoms with Gasteiger partial charge in [0.05, 0.1) is 29.0 Å². The van der Waals surface area contributed by atoms with Crippen molar-refractivity contribution in [3.8, 4) is 11.5 Å². The number of amides is 1. The molecule has 8 nitrogen and oxygen atoms in total. The fourth-order valence-corrected chi connectivity index (χ4v) is 4.43. The van der Waals surface area contributed by atoms with Gasteiger partial charge in [-0.25, -0.2) is 4.79 Å². The van der Waals surface area contributed by atoms with Crippen LogP contribution >= 0.6 is 11.3 Å². The Morgan fingerprint density at radius 1 is 1.12 bits per heavy atom. The van der Waals surface area contributed by atoms with Crippen LogP contribution in [0.2, 0.25) is 0 Å². The summed E-state index contributed by atoms with van der Waals surface area (Å²) in [6.07, 6.45) is 3.10. The van der Waals surface area contributed by atoms with Crippen LogP contribution in [-0.2, 0) is 20.8 Å². The molecule has 1 amide bonds. The first-order chi connectivity index (χ1) is 16.1. The van der Waals surface area contributed by atoms with Gasteiger partial charge in [0, 0.05) is 19.2 Å². The Bertz CT molecular complexity index is 1270. The highest BCUT2D eigenvalue weighted by molar-refractivity contribution is 7.16. The number of ether oxygens (including phenoxy) is 4. The third-order valence-corrected chi connectivity index (χ3v) is 5.92. The fourth-order valence-electron chi connectivity index (χ4n) is 3.33. The molecule has 0 atom stereocenters. The van der Waals surface area contributed by atoms with Gasteiger partial charge in [-0.05, 0) is 55.8 Å². The minimum Gasteiger partial charge on any atom is -0.462 e. The van der Waals surface area contributed by atoms with Gasteiger partial charge >= 0.3 is 5.97 Å². The van der Waals surface area contributed by atoms with Crippen LogP contribution in [-0.4, -0.2) is 43.1 Å². The van der Waals surface area contributed by atoms with Crippen molar-refractivity contribution in [3.63, 3.8) is 0 Å². The van der Waals surface area contributed by atoms with Crippen LogP contribution in [0.5, 0.6) is 11.5 Å². The van der Waals surface area contributed by atoms with Crippen molar-refractivity contribution >= 4 is 39.5 Å². The molecule has 0 unspecified atom stereocenters. The normalized spacial score (nSPS) is 13.2. The van der Waals surface area contributed by atoms with E-state index in [4.69, 9.17) is 18.9 Å². The number of hydrogen-bond acceptors (Lipinski definition) is 7. The zero-order valence-corrected chi connectivity index (χ0v) is 19.2. The highest BCUT2D eigenvalue weighted by Crippen LogP contribution is 2.32. The molecule has 0 radical (unpaired) electrons. The molecule has 1 aromatic heterocycles. The number of carbonyl (C=O) groups excluding carboxylic acids is 2. The maximum atomic E-state index is 12.6. The smallest absolute Gasteiger partial charge is 0.338 e. The van der Waals surface area contributed by atoms with Crippen molar-refractivity contribution in [3.05, 3.63) is 58.4 Å². The SMILES string of the molecule is CCOCCn1c(=NC(=O)/C=C\c2ccc3c(c2)OCO3)sc2cc(C(=O)OCC)ccc21. The van der Waals surface area contributed by atoms with E-state index >= 15 is 0 Å². The Labute approximate surface area is 194 Å². The van der Waals surface area contributed by atoms with Crippen molar-refractivity contribution < 1.29 is 28.5 Å². The third-order valence-electron chi connectivity index (χ3n) is 4.88. The molecule has 2 aromatic carbocycles. The van der Waals surface area contributed by atoms with Crippen molar-refractivity contribution in [1.29, 1.82) is 0 Å². The summed E-state index contributed by atoms with van der Waals surface area (Å²) in [5.41, 5.74) is 2.14. The topological polar surface area (TPSA) is 88.4 Å². The van der Waals surface area contributed by atoms with Gasteiger partial charge in [-0.1, -0.05) is 17.4 Å². The maximum absolute atomic E-state index is 12.6. The van der Waals surface area contributed by atoms with E-state index in [9.17, 15) is 9.59 Å². The van der Waals surface area contributed by atoms with Crippen molar-refractivity contribution in [2.75, 3.05) is 26.6 Å². The molecule has 9 heteroatoms. The van der Waals surface area contributed by atoms with Gasteiger partial charge in [-0.2, -0.15) is 4.99 Å². The molecule has 0 fully saturated rings. The second-order valence-corrected chi connectivity index (χ2v) is 8.04. The van der Waals surface area contributed by atoms with E-state index in [1.807, 2.05) is 29.7 Å². The number of thiazole rings is 1. The number of fused-ring (bicyclic) bond motifs is 2. The quantitative estimate of drug-likeness (QED) is 0.284. The molecule has 0 saturated heterocycles. The first-order valence-electron chi connectivity index (χ1n) is 10.6. The first-order valence-corrected chi connectivity index (χ1v) is 11.5. The predicted molar refractivity (Wildman–Crippen MR) is 124 cm³/mol. The molecule has 1 aliphatic rings. The summed E-state index contributed by atoms with van der Waals surface area (Å²) in [6, 6.07) is 10.8. The number of nitrogens with zero attached hydrogens (tertiary/aromatic N) is 2. The largest absolute Gasteiger partial charge is 0.462 e. The van der Waals surface area contributed by atoms with Crippen LogP contribution in [0.3, 0.4) is 0 Å². The molecule has 1 aliphatic heterocycles. The summed E-state index contributed by atoms with van der Waals surface area (Å²) in [6.45, 7) is 5.81. The zero-order valence-electron chi connectivity index (χ0n) is 18.4. The van der Waals surface area contributed by atoms with Gasteiger partial charge in [0.15, 0.2) is 16.3 Å². The number of carbonyl (C=O) groups is 2. The van der Waals surface area contributed by atoms with Gasteiger partial charge in [0.25, 0.3) is 5.91 Å². The van der Waals surface area contributed by atoms with E-state index in [-0.39, 0.29) is 12.8 Å². The second-order valence-electron chi connectivity index (χ2n) is 7.03. The Hall–Kier alpha value is -3.43. The number of rotatable bonds is 8. The number of benzene rings is 2. The van der Waals surface area contributed by atoms with Gasteiger partial charge in [-0.3, -0.25) is 4.79 Å². The minimum absolute atomic E-state index is 0.197. The van der Waals surface area contributed by atoms with E-state index in [1.165, 1.54) is 17.4 Å². The van der Waals surface area contributed by atoms with Crippen molar-refractivity contribution in [1.82, 2.24) is 4.57 Å². The molecule has 4 rings (SSSR count). The lowest BCUT2D eigenvalue weighted by Crippen LogP contribution is -2.19. The number of esters is 1. The van der Waals surface area contributed by atoms with E-state index in [0.717, 1.165) is 15.8 Å². The molecule has 33 heavy (non-hydrogen) atoms. The van der Waals surface area contributed by atoms with Crippen molar-refractivity contribution in [2.45, 2.75) is 20.4 Å². The molecule has 172 valence electrons. The lowest BCUT2D eigenvalue weighted by Gasteiger charge is -2.06. The average molecular weight is 469 g/mol. The summed E-state index contributed by atoms with van der Waals surface area (Å²) >= 11 is 1.34. The lowest BCUT2D eigenvalue weighted by atomic mass is 10.2. The van der Waals surface area contributed by atoms with E-state index in [0.29, 0.717) is 48.2 Å². The van der Waals surface area contributed by atoms with Gasteiger partial charge in [0.2, 0.25) is 6.79 Å². The molecule has 3 aromatic rings. The van der Waals surface area contributed by atoms with E-state index in [2.05, 4.69) is 4.99 Å². The molecule has 0 spiro atoms. The van der Waals surface area contributed by atoms with Crippen molar-refractivity contribution in [2.24, 2.45) is 4.99 Å². The summed E-state index contributed by atoms with van der Waals surface area (Å²) < 4.78 is 24.0. The number of aromatic nitrogens is 1. The molecule has 0 N–H and O–H groups in total. The third kappa shape index (κ3) is 5.32. The van der Waals surface area contributed by atoms with E-state index in [1.54, 1.807) is 31.2 Å². The average Bonchev–Trinajstić information content (AvgIpc) is 3.41. The van der Waals surface area contributed by atoms with Crippen LogP contribution in [0, 0.1) is 0 Å². The lowest BCUT2D eigenvalue weighted by molar-refractivity contribution is -0.113. The highest BCUT2D eigenvalue weighted by atomic mass is 32.1. The maximum Gasteiger partial charge on any atom is 0.338 e. The first kappa shape index (κ1) is 22.8. The summed E-state index contributed by atoms with van der Waals surface area (Å²) in [7, 11) is 0. The van der Waals surface area contributed by atoms with Crippen LogP contribution in [0.25, 0.3) is 16.3 Å². The second kappa shape index (κ2) is 10.5. The van der Waals surface area contributed by atoms with Crippen LogP contribution in [0.15, 0.2) is 47.5 Å². The standard InChI is InChI=1S/C24H24N2O6S/c1-3-29-12-11-26-18-8-7-17(23(28)30-4-2)14-21(18)33-24(26)25-22(27)10-6-16-5-9-19-20(13-16)32-15-31-19/h5-10,13-14H,3-4,11-12,15H2,1-2H3/b10-6-,25-24?. The molecule has 2 heterocycles. The predicted octanol–water partition coefficient (Wildman–Crippen LogP) is 3.79. The monoisotopic (exact) mass is 468 g/mol. The fraction of sp³-hybridized carbons (Fsp3) is 0.292. The summed E-state index contributed by atoms with van der Waals surface area (Å²) in [4.78, 5) is 29.6. The summed E-state index contributed by atoms with van der Waals surface area (Å²) in [5.74, 6) is 0.563. The van der Waals surface area contributed by atoms with E-state index < -0.39 is 5.91 Å². The molecular weight excluding hydrogens is 444 g/mol. The summed E-state index contributed by atoms with van der Waals surface area (Å²) in [5, 5.41) is 0. The molecule has 0 aliphatic carbocycles. The van der Waals surface area contributed by atoms with Gasteiger partial charge < -0.3 is 23.5 Å². The Morgan fingerprint density at radius 2 is 1.97 bits per heavy atom. The van der Waals surface area contributed by atoms with Crippen LogP contribution < -0.4 is 14.3 Å². The molecular formula is C24H24N2O6S. The number of hydrogen-bond donors (Lipinski definition) is 0. The van der Waals surface area contributed by atoms with Crippen LogP contribution in [0.4, 0.5) is 0 Å². The minimum atomic E-state index is -0.394. The molecule has 0 saturated carbocycles.